The highest BCUT2D eigenvalue weighted by Gasteiger charge is 2.43. The zero-order chi connectivity index (χ0) is 21.6. The van der Waals surface area contributed by atoms with Gasteiger partial charge in [0.2, 0.25) is 0 Å². The van der Waals surface area contributed by atoms with Crippen LogP contribution in [0.3, 0.4) is 0 Å². The summed E-state index contributed by atoms with van der Waals surface area (Å²) < 4.78 is 8.37. The lowest BCUT2D eigenvalue weighted by Crippen LogP contribution is -2.52. The highest BCUT2D eigenvalue weighted by atomic mass is 35.5. The number of urea groups is 1. The van der Waals surface area contributed by atoms with Crippen molar-refractivity contribution in [2.75, 3.05) is 5.32 Å². The summed E-state index contributed by atoms with van der Waals surface area (Å²) in [6.07, 6.45) is 6.85. The molecule has 0 saturated heterocycles. The van der Waals surface area contributed by atoms with E-state index in [4.69, 9.17) is 16.0 Å². The summed E-state index contributed by atoms with van der Waals surface area (Å²) in [4.78, 5) is 12.4. The second-order valence-electron chi connectivity index (χ2n) is 8.81. The third-order valence-electron chi connectivity index (χ3n) is 6.37. The quantitative estimate of drug-likeness (QED) is 0.525. The SMILES string of the molecule is CC(C)n1cnnc1CNCc1cc2cc(Cl)c3c(c2o1)C1(CCCCC1)NC(=O)N3. The lowest BCUT2D eigenvalue weighted by atomic mass is 9.74. The molecule has 5 rings (SSSR count). The van der Waals surface area contributed by atoms with Gasteiger partial charge in [-0.25, -0.2) is 4.79 Å². The summed E-state index contributed by atoms with van der Waals surface area (Å²) >= 11 is 6.60. The van der Waals surface area contributed by atoms with Crippen molar-refractivity contribution in [3.63, 3.8) is 0 Å². The van der Waals surface area contributed by atoms with Crippen LogP contribution in [0.2, 0.25) is 5.02 Å². The van der Waals surface area contributed by atoms with Crippen LogP contribution in [-0.2, 0) is 18.6 Å². The fraction of sp³-hybridized carbons (Fsp3) is 0.500. The summed E-state index contributed by atoms with van der Waals surface area (Å²) in [5.41, 5.74) is 2.05. The van der Waals surface area contributed by atoms with Crippen molar-refractivity contribution in [2.45, 2.75) is 70.6 Å². The molecule has 2 aromatic heterocycles. The van der Waals surface area contributed by atoms with Crippen LogP contribution < -0.4 is 16.0 Å². The van der Waals surface area contributed by atoms with Crippen molar-refractivity contribution in [3.05, 3.63) is 40.6 Å². The summed E-state index contributed by atoms with van der Waals surface area (Å²) in [5, 5.41) is 19.2. The summed E-state index contributed by atoms with van der Waals surface area (Å²) in [6.45, 7) is 5.36. The molecule has 0 atom stereocenters. The molecule has 1 spiro atoms. The number of hydrogen-bond acceptors (Lipinski definition) is 5. The monoisotopic (exact) mass is 442 g/mol. The number of nitrogens with one attached hydrogen (secondary N) is 3. The lowest BCUT2D eigenvalue weighted by molar-refractivity contribution is 0.209. The molecule has 1 saturated carbocycles. The Morgan fingerprint density at radius 1 is 1.26 bits per heavy atom. The van der Waals surface area contributed by atoms with Crippen molar-refractivity contribution < 1.29 is 9.21 Å². The molecule has 0 radical (unpaired) electrons. The summed E-state index contributed by atoms with van der Waals surface area (Å²) in [6, 6.07) is 4.01. The number of fused-ring (bicyclic) bond motifs is 4. The van der Waals surface area contributed by atoms with Gasteiger partial charge < -0.3 is 24.9 Å². The normalized spacial score (nSPS) is 17.7. The standard InChI is InChI=1S/C22H27ClN6O2/c1-13(2)29-12-25-28-17(29)11-24-10-15-8-14-9-16(23)19-18(20(14)31-15)22(27-21(30)26-19)6-4-3-5-7-22/h8-9,12-13,24H,3-7,10-11H2,1-2H3,(H2,26,27,30). The number of benzene rings is 1. The van der Waals surface area contributed by atoms with Crippen LogP contribution in [0.25, 0.3) is 11.0 Å². The molecule has 9 heteroatoms. The molecule has 1 aliphatic heterocycles. The van der Waals surface area contributed by atoms with Crippen molar-refractivity contribution >= 4 is 34.3 Å². The molecule has 0 unspecified atom stereocenters. The van der Waals surface area contributed by atoms with E-state index in [-0.39, 0.29) is 6.03 Å². The Kier molecular flexibility index (Phi) is 5.14. The minimum absolute atomic E-state index is 0.196. The van der Waals surface area contributed by atoms with Gasteiger partial charge in [0.25, 0.3) is 0 Å². The van der Waals surface area contributed by atoms with Crippen LogP contribution in [0.5, 0.6) is 0 Å². The predicted molar refractivity (Wildman–Crippen MR) is 119 cm³/mol. The van der Waals surface area contributed by atoms with Crippen molar-refractivity contribution in [1.29, 1.82) is 0 Å². The second-order valence-corrected chi connectivity index (χ2v) is 9.22. The Morgan fingerprint density at radius 3 is 2.84 bits per heavy atom. The molecule has 8 nitrogen and oxygen atoms in total. The molecule has 3 N–H and O–H groups in total. The Balaban J connectivity index is 1.46. The Bertz CT molecular complexity index is 1130. The number of furan rings is 1. The van der Waals surface area contributed by atoms with Crippen LogP contribution in [0.4, 0.5) is 10.5 Å². The Morgan fingerprint density at radius 2 is 2.06 bits per heavy atom. The number of halogens is 1. The minimum atomic E-state index is -0.421. The van der Waals surface area contributed by atoms with Crippen LogP contribution in [-0.4, -0.2) is 20.8 Å². The largest absolute Gasteiger partial charge is 0.459 e. The maximum atomic E-state index is 12.4. The first-order valence-corrected chi connectivity index (χ1v) is 11.3. The lowest BCUT2D eigenvalue weighted by Gasteiger charge is -2.42. The first-order chi connectivity index (χ1) is 15.0. The molecule has 2 amide bonds. The number of rotatable bonds is 5. The predicted octanol–water partition coefficient (Wildman–Crippen LogP) is 4.84. The molecule has 3 aromatic rings. The van der Waals surface area contributed by atoms with E-state index < -0.39 is 5.54 Å². The highest BCUT2D eigenvalue weighted by Crippen LogP contribution is 2.48. The molecule has 3 heterocycles. The number of hydrogen-bond donors (Lipinski definition) is 3. The number of carbonyl (C=O) groups excluding carboxylic acids is 1. The Hall–Kier alpha value is -2.58. The maximum absolute atomic E-state index is 12.4. The van der Waals surface area contributed by atoms with E-state index in [9.17, 15) is 4.79 Å². The third-order valence-corrected chi connectivity index (χ3v) is 6.67. The minimum Gasteiger partial charge on any atom is -0.459 e. The van der Waals surface area contributed by atoms with E-state index in [1.54, 1.807) is 6.33 Å². The fourth-order valence-electron chi connectivity index (χ4n) is 4.95. The van der Waals surface area contributed by atoms with Crippen molar-refractivity contribution in [3.8, 4) is 0 Å². The number of amides is 2. The second kappa shape index (κ2) is 7.84. The van der Waals surface area contributed by atoms with Gasteiger partial charge in [0, 0.05) is 17.0 Å². The topological polar surface area (TPSA) is 97.0 Å². The van der Waals surface area contributed by atoms with E-state index >= 15 is 0 Å². The van der Waals surface area contributed by atoms with Gasteiger partial charge >= 0.3 is 6.03 Å². The van der Waals surface area contributed by atoms with Gasteiger partial charge in [0.15, 0.2) is 0 Å². The maximum Gasteiger partial charge on any atom is 0.319 e. The van der Waals surface area contributed by atoms with Gasteiger partial charge in [0.1, 0.15) is 23.5 Å². The first kappa shape index (κ1) is 20.3. The van der Waals surface area contributed by atoms with Crippen molar-refractivity contribution in [2.24, 2.45) is 0 Å². The number of nitrogens with zero attached hydrogens (tertiary/aromatic N) is 3. The van der Waals surface area contributed by atoms with Crippen molar-refractivity contribution in [1.82, 2.24) is 25.4 Å². The average Bonchev–Trinajstić information content (AvgIpc) is 3.35. The van der Waals surface area contributed by atoms with Crippen LogP contribution in [0.15, 0.2) is 22.9 Å². The van der Waals surface area contributed by atoms with E-state index in [0.717, 1.165) is 53.8 Å². The van der Waals surface area contributed by atoms with Gasteiger partial charge in [-0.15, -0.1) is 10.2 Å². The van der Waals surface area contributed by atoms with E-state index in [1.807, 2.05) is 16.7 Å². The smallest absolute Gasteiger partial charge is 0.319 e. The highest BCUT2D eigenvalue weighted by molar-refractivity contribution is 6.35. The average molecular weight is 443 g/mol. The van der Waals surface area contributed by atoms with Crippen LogP contribution in [0.1, 0.15) is 69.1 Å². The number of carbonyl (C=O) groups is 1. The third kappa shape index (κ3) is 3.57. The summed E-state index contributed by atoms with van der Waals surface area (Å²) in [7, 11) is 0. The van der Waals surface area contributed by atoms with Crippen LogP contribution >= 0.6 is 11.6 Å². The Labute approximate surface area is 185 Å². The van der Waals surface area contributed by atoms with Gasteiger partial charge in [-0.2, -0.15) is 0 Å². The van der Waals surface area contributed by atoms with Crippen LogP contribution in [0, 0.1) is 0 Å². The first-order valence-electron chi connectivity index (χ1n) is 10.9. The molecule has 1 aromatic carbocycles. The molecule has 31 heavy (non-hydrogen) atoms. The molecule has 0 bridgehead atoms. The fourth-order valence-corrected chi connectivity index (χ4v) is 5.20. The van der Waals surface area contributed by atoms with Gasteiger partial charge in [0.05, 0.1) is 29.3 Å². The van der Waals surface area contributed by atoms with E-state index in [0.29, 0.717) is 29.8 Å². The zero-order valence-corrected chi connectivity index (χ0v) is 18.6. The van der Waals surface area contributed by atoms with E-state index in [1.165, 1.54) is 6.42 Å². The summed E-state index contributed by atoms with van der Waals surface area (Å²) in [5.74, 6) is 1.71. The van der Waals surface area contributed by atoms with Gasteiger partial charge in [-0.3, -0.25) is 0 Å². The number of anilines is 1. The molecule has 1 fully saturated rings. The molecule has 1 aliphatic carbocycles. The zero-order valence-electron chi connectivity index (χ0n) is 17.8. The molecular weight excluding hydrogens is 416 g/mol. The van der Waals surface area contributed by atoms with Gasteiger partial charge in [-0.1, -0.05) is 30.9 Å². The van der Waals surface area contributed by atoms with E-state index in [2.05, 4.69) is 40.0 Å². The molecule has 164 valence electrons. The number of aromatic nitrogens is 3. The molecule has 2 aliphatic rings. The van der Waals surface area contributed by atoms with Gasteiger partial charge in [-0.05, 0) is 38.8 Å². The molecular formula is C22H27ClN6O2.